The van der Waals surface area contributed by atoms with E-state index in [9.17, 15) is 5.11 Å². The molecule has 128 valence electrons. The molecule has 0 amide bonds. The van der Waals surface area contributed by atoms with E-state index >= 15 is 0 Å². The molecule has 5 nitrogen and oxygen atoms in total. The molecular weight excluding hydrogens is 314 g/mol. The zero-order valence-electron chi connectivity index (χ0n) is 14.2. The molecule has 0 saturated heterocycles. The number of rotatable bonds is 5. The third-order valence-corrected chi connectivity index (χ3v) is 4.95. The lowest BCUT2D eigenvalue weighted by atomic mass is 9.92. The summed E-state index contributed by atoms with van der Waals surface area (Å²) in [6.07, 6.45) is 1.82. The summed E-state index contributed by atoms with van der Waals surface area (Å²) in [6.45, 7) is 2.51. The van der Waals surface area contributed by atoms with Crippen molar-refractivity contribution in [1.82, 2.24) is 15.5 Å². The molecule has 0 fully saturated rings. The van der Waals surface area contributed by atoms with Gasteiger partial charge in [0, 0.05) is 5.56 Å². The number of aryl methyl sites for hydroxylation is 2. The van der Waals surface area contributed by atoms with Crippen LogP contribution in [0, 0.1) is 6.92 Å². The Balaban J connectivity index is 1.52. The van der Waals surface area contributed by atoms with E-state index in [0.717, 1.165) is 29.5 Å². The molecular formula is C20H21N3O2. The third-order valence-electron chi connectivity index (χ3n) is 4.95. The Kier molecular flexibility index (Phi) is 4.11. The van der Waals surface area contributed by atoms with Gasteiger partial charge in [0.25, 0.3) is 0 Å². The fourth-order valence-corrected chi connectivity index (χ4v) is 3.56. The minimum atomic E-state index is -0.436. The first kappa shape index (κ1) is 16.0. The molecule has 4 rings (SSSR count). The molecule has 1 atom stereocenters. The van der Waals surface area contributed by atoms with Crippen LogP contribution in [-0.4, -0.2) is 21.9 Å². The second-order valence-corrected chi connectivity index (χ2v) is 6.63. The van der Waals surface area contributed by atoms with Crippen molar-refractivity contribution < 1.29 is 9.63 Å². The van der Waals surface area contributed by atoms with Crippen molar-refractivity contribution in [3.63, 3.8) is 0 Å². The van der Waals surface area contributed by atoms with Gasteiger partial charge in [-0.05, 0) is 37.0 Å². The fourth-order valence-electron chi connectivity index (χ4n) is 3.56. The van der Waals surface area contributed by atoms with Crippen LogP contribution in [0.15, 0.2) is 53.1 Å². The van der Waals surface area contributed by atoms with Crippen molar-refractivity contribution in [3.05, 3.63) is 71.1 Å². The zero-order chi connectivity index (χ0) is 17.3. The average molecular weight is 335 g/mol. The Labute approximate surface area is 146 Å². The predicted molar refractivity (Wildman–Crippen MR) is 94.8 cm³/mol. The lowest BCUT2D eigenvalue weighted by molar-refractivity contribution is 0.154. The van der Waals surface area contributed by atoms with Gasteiger partial charge in [-0.1, -0.05) is 53.2 Å². The second kappa shape index (κ2) is 6.43. The highest BCUT2D eigenvalue weighted by atomic mass is 16.5. The maximum absolute atomic E-state index is 10.0. The van der Waals surface area contributed by atoms with E-state index in [1.807, 2.05) is 43.3 Å². The van der Waals surface area contributed by atoms with Crippen LogP contribution >= 0.6 is 0 Å². The van der Waals surface area contributed by atoms with Crippen molar-refractivity contribution >= 4 is 0 Å². The molecule has 0 radical (unpaired) electrons. The fraction of sp³-hybridized carbons (Fsp3) is 0.300. The van der Waals surface area contributed by atoms with Gasteiger partial charge in [-0.3, -0.25) is 5.32 Å². The van der Waals surface area contributed by atoms with E-state index in [1.165, 1.54) is 5.56 Å². The molecule has 0 aliphatic heterocycles. The number of benzene rings is 2. The number of nitrogens with one attached hydrogen (secondary N) is 1. The van der Waals surface area contributed by atoms with Gasteiger partial charge in [-0.15, -0.1) is 0 Å². The number of fused-ring (bicyclic) bond motifs is 1. The van der Waals surface area contributed by atoms with Gasteiger partial charge in [0.2, 0.25) is 11.7 Å². The maximum Gasteiger partial charge on any atom is 0.240 e. The van der Waals surface area contributed by atoms with Crippen LogP contribution in [0.3, 0.4) is 0 Å². The summed E-state index contributed by atoms with van der Waals surface area (Å²) in [6, 6.07) is 16.3. The summed E-state index contributed by atoms with van der Waals surface area (Å²) in [4.78, 5) is 4.48. The largest absolute Gasteiger partial charge is 0.394 e. The standard InChI is InChI=1S/C20H21N3O2/c1-14-5-4-7-16(11-14)19-22-18(25-23-19)12-21-20(13-24)10-9-15-6-2-3-8-17(15)20/h2-8,11,21,24H,9-10,12-13H2,1H3. The van der Waals surface area contributed by atoms with Crippen molar-refractivity contribution in [1.29, 1.82) is 0 Å². The molecule has 1 heterocycles. The number of aromatic nitrogens is 2. The SMILES string of the molecule is Cc1cccc(-c2noc(CNC3(CO)CCc4ccccc43)n2)c1. The molecule has 1 aliphatic rings. The van der Waals surface area contributed by atoms with Crippen LogP contribution < -0.4 is 5.32 Å². The minimum absolute atomic E-state index is 0.0445. The van der Waals surface area contributed by atoms with Gasteiger partial charge in [-0.2, -0.15) is 4.98 Å². The first-order chi connectivity index (χ1) is 12.2. The summed E-state index contributed by atoms with van der Waals surface area (Å²) in [5.41, 5.74) is 4.11. The first-order valence-electron chi connectivity index (χ1n) is 8.54. The van der Waals surface area contributed by atoms with E-state index in [1.54, 1.807) is 0 Å². The molecule has 2 N–H and O–H groups in total. The molecule has 0 spiro atoms. The van der Waals surface area contributed by atoms with Crippen molar-refractivity contribution in [2.75, 3.05) is 6.61 Å². The molecule has 5 heteroatoms. The van der Waals surface area contributed by atoms with E-state index < -0.39 is 5.54 Å². The number of aliphatic hydroxyl groups excluding tert-OH is 1. The molecule has 25 heavy (non-hydrogen) atoms. The lowest BCUT2D eigenvalue weighted by Crippen LogP contribution is -2.43. The summed E-state index contributed by atoms with van der Waals surface area (Å²) in [5, 5.41) is 17.6. The van der Waals surface area contributed by atoms with Crippen LogP contribution in [0.5, 0.6) is 0 Å². The highest BCUT2D eigenvalue weighted by Crippen LogP contribution is 2.36. The van der Waals surface area contributed by atoms with E-state index in [2.05, 4.69) is 27.6 Å². The summed E-state index contributed by atoms with van der Waals surface area (Å²) in [5.74, 6) is 1.11. The molecule has 1 unspecified atom stereocenters. The van der Waals surface area contributed by atoms with Crippen molar-refractivity contribution in [3.8, 4) is 11.4 Å². The Morgan fingerprint density at radius 1 is 1.20 bits per heavy atom. The van der Waals surface area contributed by atoms with Crippen LogP contribution in [-0.2, 0) is 18.5 Å². The molecule has 1 aromatic heterocycles. The molecule has 0 bridgehead atoms. The lowest BCUT2D eigenvalue weighted by Gasteiger charge is -2.29. The summed E-state index contributed by atoms with van der Waals surface area (Å²) >= 11 is 0. The highest BCUT2D eigenvalue weighted by molar-refractivity contribution is 5.55. The number of hydrogen-bond donors (Lipinski definition) is 2. The Hall–Kier alpha value is -2.50. The van der Waals surface area contributed by atoms with E-state index in [-0.39, 0.29) is 6.61 Å². The number of hydrogen-bond acceptors (Lipinski definition) is 5. The van der Waals surface area contributed by atoms with Gasteiger partial charge in [0.05, 0.1) is 18.7 Å². The van der Waals surface area contributed by atoms with Crippen molar-refractivity contribution in [2.45, 2.75) is 31.8 Å². The Morgan fingerprint density at radius 3 is 2.92 bits per heavy atom. The normalized spacial score (nSPS) is 19.1. The summed E-state index contributed by atoms with van der Waals surface area (Å²) < 4.78 is 5.39. The van der Waals surface area contributed by atoms with Crippen LogP contribution in [0.1, 0.15) is 29.0 Å². The zero-order valence-corrected chi connectivity index (χ0v) is 14.2. The quantitative estimate of drug-likeness (QED) is 0.750. The first-order valence-corrected chi connectivity index (χ1v) is 8.54. The second-order valence-electron chi connectivity index (χ2n) is 6.63. The molecule has 3 aromatic rings. The van der Waals surface area contributed by atoms with E-state index in [0.29, 0.717) is 18.3 Å². The predicted octanol–water partition coefficient (Wildman–Crippen LogP) is 2.97. The smallest absolute Gasteiger partial charge is 0.240 e. The van der Waals surface area contributed by atoms with Crippen LogP contribution in [0.4, 0.5) is 0 Å². The van der Waals surface area contributed by atoms with Crippen LogP contribution in [0.25, 0.3) is 11.4 Å². The molecule has 1 aliphatic carbocycles. The number of nitrogens with zero attached hydrogens (tertiary/aromatic N) is 2. The molecule has 2 aromatic carbocycles. The van der Waals surface area contributed by atoms with Gasteiger partial charge in [-0.25, -0.2) is 0 Å². The summed E-state index contributed by atoms with van der Waals surface area (Å²) in [7, 11) is 0. The number of aliphatic hydroxyl groups is 1. The maximum atomic E-state index is 10.0. The van der Waals surface area contributed by atoms with Gasteiger partial charge < -0.3 is 9.63 Å². The Bertz CT molecular complexity index is 890. The van der Waals surface area contributed by atoms with Gasteiger partial charge in [0.15, 0.2) is 0 Å². The Morgan fingerprint density at radius 2 is 2.08 bits per heavy atom. The average Bonchev–Trinajstić information content (AvgIpc) is 3.26. The third kappa shape index (κ3) is 2.97. The van der Waals surface area contributed by atoms with E-state index in [4.69, 9.17) is 4.52 Å². The minimum Gasteiger partial charge on any atom is -0.394 e. The van der Waals surface area contributed by atoms with Gasteiger partial charge >= 0.3 is 0 Å². The monoisotopic (exact) mass is 335 g/mol. The molecule has 0 saturated carbocycles. The van der Waals surface area contributed by atoms with Crippen molar-refractivity contribution in [2.24, 2.45) is 0 Å². The highest BCUT2D eigenvalue weighted by Gasteiger charge is 2.37. The topological polar surface area (TPSA) is 71.2 Å². The van der Waals surface area contributed by atoms with Crippen LogP contribution in [0.2, 0.25) is 0 Å². The van der Waals surface area contributed by atoms with Gasteiger partial charge in [0.1, 0.15) is 0 Å².